The zero-order chi connectivity index (χ0) is 48.2. The van der Waals surface area contributed by atoms with Crippen molar-refractivity contribution in [2.45, 2.75) is 124 Å². The van der Waals surface area contributed by atoms with Crippen molar-refractivity contribution in [2.24, 2.45) is 56.6 Å². The molecule has 0 radical (unpaired) electrons. The van der Waals surface area contributed by atoms with Gasteiger partial charge in [-0.05, 0) is 169 Å². The Kier molecular flexibility index (Phi) is 15.3. The van der Waals surface area contributed by atoms with Gasteiger partial charge >= 0.3 is 5.97 Å². The molecule has 11 rings (SSSR count). The summed E-state index contributed by atoms with van der Waals surface area (Å²) in [6.45, 7) is 13.1. The molecule has 5 aliphatic heterocycles. The second-order valence-corrected chi connectivity index (χ2v) is 20.5. The van der Waals surface area contributed by atoms with Gasteiger partial charge in [-0.25, -0.2) is 0 Å². The van der Waals surface area contributed by atoms with E-state index in [1.165, 1.54) is 16.9 Å². The number of ether oxygens (including phenoxy) is 2. The number of rotatable bonds is 6. The van der Waals surface area contributed by atoms with Gasteiger partial charge in [0.1, 0.15) is 24.6 Å². The van der Waals surface area contributed by atoms with Gasteiger partial charge in [0.15, 0.2) is 13.2 Å². The molecule has 364 valence electrons. The van der Waals surface area contributed by atoms with Gasteiger partial charge in [0.2, 0.25) is 11.8 Å². The summed E-state index contributed by atoms with van der Waals surface area (Å²) < 4.78 is 11.0. The second kappa shape index (κ2) is 20.8. The molecule has 2 aromatic rings. The molecule has 0 spiro atoms. The highest BCUT2D eigenvalue weighted by Gasteiger charge is 2.65. The molecule has 9 atom stereocenters. The van der Waals surface area contributed by atoms with Gasteiger partial charge in [-0.15, -0.1) is 0 Å². The standard InChI is InChI=1S/C51H70N6O10/c1-30(2)56-26-44(59)52-34-10-14-37(15-11-34)67-38-16-12-35(13-17-38)53-45(60)27-57(31(3)4)47(62)29-66-55-43-25-41-49(40-19-18-39(51(40,43)7)32(5)9-20-48(63)64-8)42(58)24-33-23-36(21-22-50(33,41)6)54-65-28-46(56)61/h10-17,30-33,39-42,49,58H,9,18-29H2,1-8H3,(H,52,59)(H,53,60)/b54-36+,55-43+/t32-,33+,39-,40+,41+,42-,49+,50+,51-/m1/s1. The topological polar surface area (TPSA) is 198 Å². The van der Waals surface area contributed by atoms with E-state index in [9.17, 15) is 29.1 Å². The largest absolute Gasteiger partial charge is 0.469 e. The molecule has 4 fully saturated rings. The summed E-state index contributed by atoms with van der Waals surface area (Å²) in [6, 6.07) is 13.1. The van der Waals surface area contributed by atoms with Crippen LogP contribution in [0.25, 0.3) is 0 Å². The summed E-state index contributed by atoms with van der Waals surface area (Å²) in [6.07, 6.45) is 5.47. The Balaban J connectivity index is 1.17. The molecule has 4 saturated carbocycles. The van der Waals surface area contributed by atoms with Crippen molar-refractivity contribution in [1.82, 2.24) is 9.80 Å². The zero-order valence-electron chi connectivity index (χ0n) is 40.4. The van der Waals surface area contributed by atoms with E-state index in [-0.39, 0.29) is 109 Å². The normalized spacial score (nSPS) is 31.8. The van der Waals surface area contributed by atoms with Crippen LogP contribution in [0.1, 0.15) is 106 Å². The van der Waals surface area contributed by atoms with Crippen molar-refractivity contribution >= 4 is 52.4 Å². The van der Waals surface area contributed by atoms with Crippen LogP contribution in [0.4, 0.5) is 11.4 Å². The van der Waals surface area contributed by atoms with Gasteiger partial charge in [-0.1, -0.05) is 31.1 Å². The number of aliphatic hydroxyl groups is 1. The van der Waals surface area contributed by atoms with Crippen molar-refractivity contribution in [3.8, 4) is 11.5 Å². The minimum atomic E-state index is -0.564. The molecule has 0 saturated heterocycles. The molecule has 16 nitrogen and oxygen atoms in total. The predicted molar refractivity (Wildman–Crippen MR) is 253 cm³/mol. The number of esters is 1. The van der Waals surface area contributed by atoms with E-state index in [1.54, 1.807) is 48.5 Å². The monoisotopic (exact) mass is 927 g/mol. The van der Waals surface area contributed by atoms with E-state index in [0.717, 1.165) is 30.7 Å². The van der Waals surface area contributed by atoms with E-state index >= 15 is 0 Å². The maximum absolute atomic E-state index is 13.9. The highest BCUT2D eigenvalue weighted by Crippen LogP contribution is 2.67. The van der Waals surface area contributed by atoms with Crippen LogP contribution in [0, 0.1) is 46.3 Å². The number of aliphatic hydroxyl groups excluding tert-OH is 1. The van der Waals surface area contributed by atoms with Crippen molar-refractivity contribution in [2.75, 3.05) is 44.0 Å². The summed E-state index contributed by atoms with van der Waals surface area (Å²) in [5.41, 5.74) is 2.13. The minimum absolute atomic E-state index is 0.0112. The Bertz CT molecular complexity index is 2200. The Hall–Kier alpha value is -5.51. The molecular formula is C51H70N6O10. The Labute approximate surface area is 394 Å². The van der Waals surface area contributed by atoms with Crippen LogP contribution in [0.3, 0.4) is 0 Å². The van der Waals surface area contributed by atoms with Crippen LogP contribution in [0.5, 0.6) is 11.5 Å². The first-order valence-corrected chi connectivity index (χ1v) is 24.1. The van der Waals surface area contributed by atoms with Crippen LogP contribution in [0.15, 0.2) is 58.8 Å². The number of hydrogen-bond donors (Lipinski definition) is 3. The van der Waals surface area contributed by atoms with E-state index in [0.29, 0.717) is 61.4 Å². The number of oxime groups is 2. The lowest BCUT2D eigenvalue weighted by molar-refractivity contribution is -0.141. The lowest BCUT2D eigenvalue weighted by Crippen LogP contribution is -2.61. The summed E-state index contributed by atoms with van der Waals surface area (Å²) in [4.78, 5) is 80.9. The maximum Gasteiger partial charge on any atom is 0.305 e. The highest BCUT2D eigenvalue weighted by atomic mass is 16.6. The number of anilines is 2. The fourth-order valence-corrected chi connectivity index (χ4v) is 12.3. The van der Waals surface area contributed by atoms with Crippen LogP contribution in [-0.4, -0.2) is 108 Å². The molecule has 67 heavy (non-hydrogen) atoms. The third kappa shape index (κ3) is 10.8. The lowest BCUT2D eigenvalue weighted by atomic mass is 9.43. The molecular weight excluding hydrogens is 857 g/mol. The minimum Gasteiger partial charge on any atom is -0.469 e. The molecule has 0 unspecified atom stereocenters. The van der Waals surface area contributed by atoms with E-state index in [4.69, 9.17) is 24.3 Å². The van der Waals surface area contributed by atoms with E-state index in [1.807, 2.05) is 27.7 Å². The van der Waals surface area contributed by atoms with Crippen molar-refractivity contribution in [3.63, 3.8) is 0 Å². The zero-order valence-corrected chi connectivity index (χ0v) is 40.4. The van der Waals surface area contributed by atoms with Crippen LogP contribution in [0.2, 0.25) is 0 Å². The summed E-state index contributed by atoms with van der Waals surface area (Å²) in [5, 5.41) is 27.3. The molecule has 2 aromatic carbocycles. The molecule has 3 N–H and O–H groups in total. The third-order valence-electron chi connectivity index (χ3n) is 16.0. The molecule has 5 heterocycles. The number of benzene rings is 2. The van der Waals surface area contributed by atoms with Crippen molar-refractivity contribution < 1.29 is 48.2 Å². The van der Waals surface area contributed by atoms with Gasteiger partial charge in [0.25, 0.3) is 11.8 Å². The number of carbonyl (C=O) groups is 5. The summed E-state index contributed by atoms with van der Waals surface area (Å²) in [5.74, 6) is -0.109. The molecule has 4 amide bonds. The number of nitrogens with zero attached hydrogens (tertiary/aromatic N) is 4. The Morgan fingerprint density at radius 1 is 0.806 bits per heavy atom. The quantitative estimate of drug-likeness (QED) is 0.245. The average Bonchev–Trinajstić information content (AvgIpc) is 3.65. The van der Waals surface area contributed by atoms with E-state index < -0.39 is 11.5 Å². The number of amides is 4. The first-order valence-electron chi connectivity index (χ1n) is 24.1. The van der Waals surface area contributed by atoms with Crippen LogP contribution < -0.4 is 15.4 Å². The first kappa shape index (κ1) is 49.4. The maximum atomic E-state index is 13.9. The summed E-state index contributed by atoms with van der Waals surface area (Å²) in [7, 11) is 1.41. The van der Waals surface area contributed by atoms with Gasteiger partial charge in [0.05, 0.1) is 24.6 Å². The molecule has 4 aliphatic carbocycles. The van der Waals surface area contributed by atoms with Gasteiger partial charge < -0.3 is 44.7 Å². The fourth-order valence-electron chi connectivity index (χ4n) is 12.3. The molecule has 16 heteroatoms. The van der Waals surface area contributed by atoms with E-state index in [2.05, 4.69) is 36.6 Å². The van der Waals surface area contributed by atoms with Crippen LogP contribution in [-0.2, 0) is 38.4 Å². The fraction of sp³-hybridized carbons (Fsp3) is 0.627. The smallest absolute Gasteiger partial charge is 0.305 e. The Morgan fingerprint density at radius 3 is 1.90 bits per heavy atom. The van der Waals surface area contributed by atoms with Gasteiger partial charge in [0, 0.05) is 35.3 Å². The van der Waals surface area contributed by atoms with Crippen molar-refractivity contribution in [3.05, 3.63) is 48.5 Å². The summed E-state index contributed by atoms with van der Waals surface area (Å²) >= 11 is 0. The average molecular weight is 927 g/mol. The number of nitrogens with one attached hydrogen (secondary N) is 2. The van der Waals surface area contributed by atoms with Gasteiger partial charge in [-0.2, -0.15) is 0 Å². The number of carbonyl (C=O) groups excluding carboxylic acids is 5. The first-order chi connectivity index (χ1) is 31.9. The molecule has 0 aromatic heterocycles. The third-order valence-corrected chi connectivity index (χ3v) is 16.0. The predicted octanol–water partition coefficient (Wildman–Crippen LogP) is 7.42. The molecule has 9 bridgehead atoms. The van der Waals surface area contributed by atoms with Crippen LogP contribution >= 0.6 is 0 Å². The number of methoxy groups -OCH3 is 1. The lowest BCUT2D eigenvalue weighted by Gasteiger charge is -2.62. The number of hydrogen-bond acceptors (Lipinski definition) is 12. The second-order valence-electron chi connectivity index (χ2n) is 20.5. The highest BCUT2D eigenvalue weighted by molar-refractivity contribution is 5.96. The van der Waals surface area contributed by atoms with Gasteiger partial charge in [-0.3, -0.25) is 24.0 Å². The SMILES string of the molecule is COC(=O)CC[C@@H](C)[C@H]1CC[C@H]2[C@@H]3[C@H](O)C[C@@H]4C/C5=N/OCC(=O)N(C(C)C)CC(=O)Nc6ccc(cc6)Oc6ccc(cc6)NC(=O)CN(C(C)C)C(=O)CO/N=C(\C[C@@H]3[C@@]4(C)CC5)[C@]12C. The van der Waals surface area contributed by atoms with Crippen molar-refractivity contribution in [1.29, 1.82) is 0 Å². The Morgan fingerprint density at radius 2 is 1.36 bits per heavy atom. The number of fused-ring (bicyclic) bond motifs is 3. The molecule has 9 aliphatic rings.